The SMILES string of the molecule is CCn1c(CNC(=O)c2cc(-c3cc(C)oc3C)nc3c2cnn3C(C)C)n[nH]c1=S. The number of H-pyrrole nitrogens is 1. The summed E-state index contributed by atoms with van der Waals surface area (Å²) >= 11 is 5.23. The van der Waals surface area contributed by atoms with Gasteiger partial charge < -0.3 is 14.3 Å². The monoisotopic (exact) mass is 439 g/mol. The molecule has 0 aliphatic heterocycles. The van der Waals surface area contributed by atoms with Gasteiger partial charge >= 0.3 is 0 Å². The van der Waals surface area contributed by atoms with E-state index in [1.807, 2.05) is 49.9 Å². The smallest absolute Gasteiger partial charge is 0.252 e. The molecule has 0 aromatic carbocycles. The van der Waals surface area contributed by atoms with Crippen LogP contribution in [0.3, 0.4) is 0 Å². The van der Waals surface area contributed by atoms with E-state index in [0.717, 1.165) is 17.1 Å². The highest BCUT2D eigenvalue weighted by Gasteiger charge is 2.20. The minimum Gasteiger partial charge on any atom is -0.466 e. The van der Waals surface area contributed by atoms with Gasteiger partial charge in [0.15, 0.2) is 16.2 Å². The zero-order chi connectivity index (χ0) is 22.3. The molecule has 4 heterocycles. The van der Waals surface area contributed by atoms with Crippen molar-refractivity contribution < 1.29 is 9.21 Å². The maximum atomic E-state index is 13.2. The van der Waals surface area contributed by atoms with Crippen LogP contribution in [0.4, 0.5) is 0 Å². The van der Waals surface area contributed by atoms with Gasteiger partial charge in [-0.1, -0.05) is 0 Å². The molecule has 0 spiro atoms. The Kier molecular flexibility index (Phi) is 5.48. The van der Waals surface area contributed by atoms with Gasteiger partial charge in [0.25, 0.3) is 5.91 Å². The van der Waals surface area contributed by atoms with Crippen LogP contribution in [0.5, 0.6) is 0 Å². The zero-order valence-corrected chi connectivity index (χ0v) is 19.0. The number of aromatic nitrogens is 6. The van der Waals surface area contributed by atoms with E-state index in [9.17, 15) is 4.79 Å². The summed E-state index contributed by atoms with van der Waals surface area (Å²) in [6, 6.07) is 3.82. The number of furan rings is 1. The standard InChI is InChI=1S/C21H25N7O2S/c1-6-27-18(25-26-21(27)31)10-22-20(29)15-8-17(14-7-12(4)30-13(14)5)24-19-16(15)9-23-28(19)11(2)3/h7-9,11H,6,10H2,1-5H3,(H,22,29)(H,26,31). The predicted molar refractivity (Wildman–Crippen MR) is 119 cm³/mol. The number of hydrogen-bond acceptors (Lipinski definition) is 6. The van der Waals surface area contributed by atoms with Crippen LogP contribution in [0.25, 0.3) is 22.3 Å². The van der Waals surface area contributed by atoms with E-state index in [1.165, 1.54) is 0 Å². The van der Waals surface area contributed by atoms with Gasteiger partial charge in [-0.3, -0.25) is 9.89 Å². The molecule has 0 radical (unpaired) electrons. The molecule has 1 amide bonds. The Morgan fingerprint density at radius 2 is 2.10 bits per heavy atom. The van der Waals surface area contributed by atoms with Crippen molar-refractivity contribution in [1.82, 2.24) is 34.8 Å². The number of aryl methyl sites for hydroxylation is 2. The number of aromatic amines is 1. The van der Waals surface area contributed by atoms with Crippen molar-refractivity contribution in [2.45, 2.75) is 53.8 Å². The number of hydrogen-bond donors (Lipinski definition) is 2. The fourth-order valence-electron chi connectivity index (χ4n) is 3.67. The molecule has 9 nitrogen and oxygen atoms in total. The van der Waals surface area contributed by atoms with Crippen LogP contribution in [0, 0.1) is 18.6 Å². The Morgan fingerprint density at radius 3 is 2.74 bits per heavy atom. The van der Waals surface area contributed by atoms with Gasteiger partial charge in [-0.2, -0.15) is 10.2 Å². The Bertz CT molecular complexity index is 1330. The number of carbonyl (C=O) groups excluding carboxylic acids is 1. The van der Waals surface area contributed by atoms with E-state index in [4.69, 9.17) is 21.6 Å². The van der Waals surface area contributed by atoms with Gasteiger partial charge in [-0.05, 0) is 59.0 Å². The highest BCUT2D eigenvalue weighted by molar-refractivity contribution is 7.71. The summed E-state index contributed by atoms with van der Waals surface area (Å²) < 4.78 is 9.88. The molecule has 0 fully saturated rings. The predicted octanol–water partition coefficient (Wildman–Crippen LogP) is 4.09. The lowest BCUT2D eigenvalue weighted by molar-refractivity contribution is 0.0951. The Hall–Kier alpha value is -3.27. The highest BCUT2D eigenvalue weighted by Crippen LogP contribution is 2.30. The molecule has 2 N–H and O–H groups in total. The molecule has 4 aromatic heterocycles. The molecule has 0 aliphatic rings. The topological polar surface area (TPSA) is 107 Å². The fourth-order valence-corrected chi connectivity index (χ4v) is 3.95. The Labute approximate surface area is 184 Å². The number of rotatable bonds is 6. The second-order valence-corrected chi connectivity index (χ2v) is 8.06. The molecule has 4 rings (SSSR count). The average molecular weight is 440 g/mol. The molecular weight excluding hydrogens is 414 g/mol. The van der Waals surface area contributed by atoms with Gasteiger partial charge in [0.2, 0.25) is 0 Å². The third-order valence-corrected chi connectivity index (χ3v) is 5.49. The molecule has 0 saturated heterocycles. The lowest BCUT2D eigenvalue weighted by atomic mass is 10.1. The van der Waals surface area contributed by atoms with Crippen LogP contribution in [-0.2, 0) is 13.1 Å². The molecular formula is C21H25N7O2S. The molecule has 0 atom stereocenters. The quantitative estimate of drug-likeness (QED) is 0.438. The van der Waals surface area contributed by atoms with E-state index >= 15 is 0 Å². The Morgan fingerprint density at radius 1 is 1.32 bits per heavy atom. The maximum absolute atomic E-state index is 13.2. The van der Waals surface area contributed by atoms with Crippen molar-refractivity contribution in [1.29, 1.82) is 0 Å². The average Bonchev–Trinajstić information content (AvgIpc) is 3.41. The number of pyridine rings is 1. The van der Waals surface area contributed by atoms with Crippen molar-refractivity contribution in [2.75, 3.05) is 0 Å². The third-order valence-electron chi connectivity index (χ3n) is 5.18. The summed E-state index contributed by atoms with van der Waals surface area (Å²) in [5, 5.41) is 15.1. The van der Waals surface area contributed by atoms with E-state index in [-0.39, 0.29) is 18.5 Å². The summed E-state index contributed by atoms with van der Waals surface area (Å²) in [4.78, 5) is 18.0. The summed E-state index contributed by atoms with van der Waals surface area (Å²) in [6.45, 7) is 10.7. The number of nitrogens with one attached hydrogen (secondary N) is 2. The van der Waals surface area contributed by atoms with Crippen LogP contribution in [0.15, 0.2) is 22.7 Å². The number of amides is 1. The lowest BCUT2D eigenvalue weighted by Gasteiger charge is -2.11. The number of carbonyl (C=O) groups is 1. The number of nitrogens with zero attached hydrogens (tertiary/aromatic N) is 5. The van der Waals surface area contributed by atoms with Crippen LogP contribution in [0.2, 0.25) is 0 Å². The van der Waals surface area contributed by atoms with Gasteiger partial charge in [-0.15, -0.1) is 0 Å². The molecule has 162 valence electrons. The molecule has 0 saturated carbocycles. The van der Waals surface area contributed by atoms with Crippen molar-refractivity contribution in [3.63, 3.8) is 0 Å². The van der Waals surface area contributed by atoms with Crippen LogP contribution < -0.4 is 5.32 Å². The fraction of sp³-hybridized carbons (Fsp3) is 0.381. The van der Waals surface area contributed by atoms with E-state index in [1.54, 1.807) is 12.3 Å². The first-order valence-corrected chi connectivity index (χ1v) is 10.6. The molecule has 4 aromatic rings. The van der Waals surface area contributed by atoms with E-state index in [2.05, 4.69) is 20.6 Å². The first kappa shape index (κ1) is 21.0. The minimum absolute atomic E-state index is 0.0985. The largest absolute Gasteiger partial charge is 0.466 e. The van der Waals surface area contributed by atoms with Crippen molar-refractivity contribution in [3.8, 4) is 11.3 Å². The zero-order valence-electron chi connectivity index (χ0n) is 18.2. The first-order valence-electron chi connectivity index (χ1n) is 10.2. The third kappa shape index (κ3) is 3.78. The van der Waals surface area contributed by atoms with Gasteiger partial charge in [0, 0.05) is 18.2 Å². The second-order valence-electron chi connectivity index (χ2n) is 7.67. The molecule has 0 bridgehead atoms. The summed E-state index contributed by atoms with van der Waals surface area (Å²) in [6.07, 6.45) is 1.69. The van der Waals surface area contributed by atoms with E-state index < -0.39 is 0 Å². The van der Waals surface area contributed by atoms with Crippen LogP contribution in [-0.4, -0.2) is 35.4 Å². The maximum Gasteiger partial charge on any atom is 0.252 e. The molecule has 0 unspecified atom stereocenters. The first-order chi connectivity index (χ1) is 14.8. The minimum atomic E-state index is -0.230. The highest BCUT2D eigenvalue weighted by atomic mass is 32.1. The molecule has 0 aliphatic carbocycles. The lowest BCUT2D eigenvalue weighted by Crippen LogP contribution is -2.25. The van der Waals surface area contributed by atoms with Crippen molar-refractivity contribution >= 4 is 29.2 Å². The van der Waals surface area contributed by atoms with Crippen molar-refractivity contribution in [3.05, 3.63) is 46.0 Å². The number of fused-ring (bicyclic) bond motifs is 1. The van der Waals surface area contributed by atoms with Gasteiger partial charge in [-0.25, -0.2) is 9.67 Å². The molecule has 31 heavy (non-hydrogen) atoms. The van der Waals surface area contributed by atoms with Crippen LogP contribution >= 0.6 is 12.2 Å². The van der Waals surface area contributed by atoms with Gasteiger partial charge in [0.05, 0.1) is 29.4 Å². The summed E-state index contributed by atoms with van der Waals surface area (Å²) in [5.41, 5.74) is 2.69. The normalized spacial score (nSPS) is 11.5. The summed E-state index contributed by atoms with van der Waals surface area (Å²) in [5.74, 6) is 1.99. The van der Waals surface area contributed by atoms with Crippen molar-refractivity contribution in [2.24, 2.45) is 0 Å². The van der Waals surface area contributed by atoms with Crippen LogP contribution in [0.1, 0.15) is 54.5 Å². The van der Waals surface area contributed by atoms with Gasteiger partial charge in [0.1, 0.15) is 11.5 Å². The summed E-state index contributed by atoms with van der Waals surface area (Å²) in [7, 11) is 0. The Balaban J connectivity index is 1.77. The molecule has 10 heteroatoms. The van der Waals surface area contributed by atoms with E-state index in [0.29, 0.717) is 39.4 Å². The second kappa shape index (κ2) is 8.10.